The van der Waals surface area contributed by atoms with Gasteiger partial charge in [0.1, 0.15) is 11.6 Å². The number of rotatable bonds is 6. The molecule has 5 rings (SSSR count). The second-order valence-electron chi connectivity index (χ2n) is 9.02. The van der Waals surface area contributed by atoms with Gasteiger partial charge in [0, 0.05) is 19.2 Å². The van der Waals surface area contributed by atoms with E-state index in [0.717, 1.165) is 62.1 Å². The fraction of sp³-hybridized carbons (Fsp3) is 0.385. The van der Waals surface area contributed by atoms with E-state index in [1.807, 2.05) is 12.1 Å². The number of halogens is 1. The summed E-state index contributed by atoms with van der Waals surface area (Å²) in [5.41, 5.74) is 2.55. The van der Waals surface area contributed by atoms with E-state index in [0.29, 0.717) is 18.0 Å². The molecule has 2 aliphatic rings. The van der Waals surface area contributed by atoms with Crippen LogP contribution in [0.5, 0.6) is 5.75 Å². The molecule has 1 amide bonds. The monoisotopic (exact) mass is 449 g/mol. The first kappa shape index (κ1) is 21.6. The van der Waals surface area contributed by atoms with Gasteiger partial charge in [-0.3, -0.25) is 9.59 Å². The van der Waals surface area contributed by atoms with Crippen LogP contribution in [0.4, 0.5) is 10.1 Å². The number of carbonyl (C=O) groups is 1. The molecule has 0 spiro atoms. The Labute approximate surface area is 192 Å². The SMILES string of the molecule is O=C1COc2ccc(CCC3CCN(CCn4c(=O)ccc5ccc(F)cc54)CC3)cc2N1. The Balaban J connectivity index is 1.13. The summed E-state index contributed by atoms with van der Waals surface area (Å²) in [6.45, 7) is 3.44. The van der Waals surface area contributed by atoms with E-state index in [1.165, 1.54) is 17.7 Å². The molecule has 33 heavy (non-hydrogen) atoms. The van der Waals surface area contributed by atoms with Gasteiger partial charge < -0.3 is 19.5 Å². The van der Waals surface area contributed by atoms with Gasteiger partial charge in [-0.05, 0) is 92.0 Å². The second kappa shape index (κ2) is 9.35. The average molecular weight is 450 g/mol. The molecule has 172 valence electrons. The molecule has 1 fully saturated rings. The van der Waals surface area contributed by atoms with Crippen LogP contribution in [0.25, 0.3) is 10.9 Å². The lowest BCUT2D eigenvalue weighted by Gasteiger charge is -2.32. The predicted molar refractivity (Wildman–Crippen MR) is 126 cm³/mol. The Kier molecular flexibility index (Phi) is 6.13. The van der Waals surface area contributed by atoms with Gasteiger partial charge in [-0.25, -0.2) is 4.39 Å². The molecule has 0 saturated carbocycles. The van der Waals surface area contributed by atoms with Crippen molar-refractivity contribution in [1.82, 2.24) is 9.47 Å². The summed E-state index contributed by atoms with van der Waals surface area (Å²) in [6.07, 6.45) is 4.35. The third-order valence-corrected chi connectivity index (χ3v) is 6.82. The van der Waals surface area contributed by atoms with Crippen molar-refractivity contribution in [2.75, 3.05) is 31.6 Å². The molecule has 6 nitrogen and oxygen atoms in total. The van der Waals surface area contributed by atoms with Crippen molar-refractivity contribution in [3.63, 3.8) is 0 Å². The maximum Gasteiger partial charge on any atom is 0.262 e. The summed E-state index contributed by atoms with van der Waals surface area (Å²) in [5, 5.41) is 3.75. The number of nitrogens with one attached hydrogen (secondary N) is 1. The zero-order valence-corrected chi connectivity index (χ0v) is 18.6. The van der Waals surface area contributed by atoms with Crippen molar-refractivity contribution >= 4 is 22.5 Å². The van der Waals surface area contributed by atoms with Crippen molar-refractivity contribution in [3.05, 3.63) is 70.3 Å². The quantitative estimate of drug-likeness (QED) is 0.622. The zero-order chi connectivity index (χ0) is 22.8. The molecule has 1 saturated heterocycles. The molecule has 3 heterocycles. The number of anilines is 1. The van der Waals surface area contributed by atoms with Gasteiger partial charge >= 0.3 is 0 Å². The lowest BCUT2D eigenvalue weighted by Crippen LogP contribution is -2.37. The standard InChI is InChI=1S/C26H28FN3O3/c27-21-6-4-20-5-8-26(32)30(23(20)16-21)14-13-29-11-9-18(10-12-29)1-2-19-3-7-24-22(15-19)28-25(31)17-33-24/h3-8,15-16,18H,1-2,9-14,17H2,(H,28,31). The molecule has 7 heteroatoms. The molecule has 0 unspecified atom stereocenters. The van der Waals surface area contributed by atoms with E-state index in [9.17, 15) is 14.0 Å². The molecular formula is C26H28FN3O3. The summed E-state index contributed by atoms with van der Waals surface area (Å²) >= 11 is 0. The van der Waals surface area contributed by atoms with E-state index >= 15 is 0 Å². The number of pyridine rings is 1. The molecular weight excluding hydrogens is 421 g/mol. The van der Waals surface area contributed by atoms with Gasteiger partial charge in [-0.2, -0.15) is 0 Å². The number of hydrogen-bond donors (Lipinski definition) is 1. The first-order valence-electron chi connectivity index (χ1n) is 11.6. The van der Waals surface area contributed by atoms with Crippen LogP contribution in [0, 0.1) is 11.7 Å². The highest BCUT2D eigenvalue weighted by molar-refractivity contribution is 5.95. The minimum Gasteiger partial charge on any atom is -0.482 e. The van der Waals surface area contributed by atoms with E-state index in [2.05, 4.69) is 16.3 Å². The van der Waals surface area contributed by atoms with Crippen molar-refractivity contribution in [1.29, 1.82) is 0 Å². The smallest absolute Gasteiger partial charge is 0.262 e. The number of hydrogen-bond acceptors (Lipinski definition) is 4. The summed E-state index contributed by atoms with van der Waals surface area (Å²) < 4.78 is 20.8. The first-order chi connectivity index (χ1) is 16.0. The van der Waals surface area contributed by atoms with Crippen molar-refractivity contribution in [2.45, 2.75) is 32.2 Å². The van der Waals surface area contributed by atoms with Crippen LogP contribution < -0.4 is 15.6 Å². The van der Waals surface area contributed by atoms with Gasteiger partial charge in [0.25, 0.3) is 11.5 Å². The fourth-order valence-corrected chi connectivity index (χ4v) is 4.89. The second-order valence-corrected chi connectivity index (χ2v) is 9.02. The molecule has 2 aliphatic heterocycles. The highest BCUT2D eigenvalue weighted by Crippen LogP contribution is 2.30. The third-order valence-electron chi connectivity index (χ3n) is 6.82. The van der Waals surface area contributed by atoms with E-state index in [4.69, 9.17) is 4.74 Å². The third kappa shape index (κ3) is 4.93. The molecule has 0 aliphatic carbocycles. The van der Waals surface area contributed by atoms with Gasteiger partial charge in [0.05, 0.1) is 11.2 Å². The topological polar surface area (TPSA) is 63.6 Å². The van der Waals surface area contributed by atoms with Gasteiger partial charge in [-0.1, -0.05) is 6.07 Å². The lowest BCUT2D eigenvalue weighted by atomic mass is 9.90. The van der Waals surface area contributed by atoms with Crippen LogP contribution in [-0.4, -0.2) is 41.6 Å². The number of nitrogens with zero attached hydrogens (tertiary/aromatic N) is 2. The van der Waals surface area contributed by atoms with Crippen LogP contribution >= 0.6 is 0 Å². The minimum absolute atomic E-state index is 0.0803. The van der Waals surface area contributed by atoms with E-state index in [1.54, 1.807) is 22.8 Å². The molecule has 1 N–H and O–H groups in total. The van der Waals surface area contributed by atoms with Gasteiger partial charge in [0.15, 0.2) is 6.61 Å². The number of fused-ring (bicyclic) bond motifs is 2. The maximum absolute atomic E-state index is 13.7. The lowest BCUT2D eigenvalue weighted by molar-refractivity contribution is -0.118. The highest BCUT2D eigenvalue weighted by Gasteiger charge is 2.20. The van der Waals surface area contributed by atoms with Crippen LogP contribution in [0.15, 0.2) is 53.3 Å². The van der Waals surface area contributed by atoms with Gasteiger partial charge in [-0.15, -0.1) is 0 Å². The van der Waals surface area contributed by atoms with E-state index in [-0.39, 0.29) is 23.9 Å². The number of amides is 1. The van der Waals surface area contributed by atoms with Gasteiger partial charge in [0.2, 0.25) is 0 Å². The molecule has 0 bridgehead atoms. The number of carbonyl (C=O) groups excluding carboxylic acids is 1. The Morgan fingerprint density at radius 3 is 2.67 bits per heavy atom. The van der Waals surface area contributed by atoms with Crippen molar-refractivity contribution in [3.8, 4) is 5.75 Å². The number of likely N-dealkylation sites (tertiary alicyclic amines) is 1. The first-order valence-corrected chi connectivity index (χ1v) is 11.6. The molecule has 0 radical (unpaired) electrons. The number of piperidine rings is 1. The van der Waals surface area contributed by atoms with Crippen LogP contribution in [0.3, 0.4) is 0 Å². The Bertz CT molecular complexity index is 1230. The highest BCUT2D eigenvalue weighted by atomic mass is 19.1. The predicted octanol–water partition coefficient (Wildman–Crippen LogP) is 3.82. The Hall–Kier alpha value is -3.19. The minimum atomic E-state index is -0.323. The zero-order valence-electron chi connectivity index (χ0n) is 18.6. The fourth-order valence-electron chi connectivity index (χ4n) is 4.89. The molecule has 0 atom stereocenters. The maximum atomic E-state index is 13.7. The summed E-state index contributed by atoms with van der Waals surface area (Å²) in [4.78, 5) is 26.3. The summed E-state index contributed by atoms with van der Waals surface area (Å²) in [5.74, 6) is 0.969. The molecule has 1 aromatic heterocycles. The van der Waals surface area contributed by atoms with Crippen molar-refractivity contribution in [2.24, 2.45) is 5.92 Å². The molecule has 2 aromatic carbocycles. The molecule has 3 aromatic rings. The number of benzene rings is 2. The van der Waals surface area contributed by atoms with Crippen molar-refractivity contribution < 1.29 is 13.9 Å². The number of ether oxygens (including phenoxy) is 1. The number of aryl methyl sites for hydroxylation is 1. The average Bonchev–Trinajstić information content (AvgIpc) is 2.82. The van der Waals surface area contributed by atoms with Crippen LogP contribution in [-0.2, 0) is 17.8 Å². The summed E-state index contributed by atoms with van der Waals surface area (Å²) in [7, 11) is 0. The number of aromatic nitrogens is 1. The van der Waals surface area contributed by atoms with Crippen LogP contribution in [0.2, 0.25) is 0 Å². The summed E-state index contributed by atoms with van der Waals surface area (Å²) in [6, 6.07) is 13.9. The van der Waals surface area contributed by atoms with E-state index < -0.39 is 0 Å². The Morgan fingerprint density at radius 1 is 1.00 bits per heavy atom. The van der Waals surface area contributed by atoms with Crippen LogP contribution in [0.1, 0.15) is 24.8 Å². The largest absolute Gasteiger partial charge is 0.482 e. The Morgan fingerprint density at radius 2 is 1.82 bits per heavy atom. The normalized spacial score (nSPS) is 16.9.